The lowest BCUT2D eigenvalue weighted by Gasteiger charge is -2.37. The molecule has 2 aliphatic heterocycles. The van der Waals surface area contributed by atoms with Crippen LogP contribution in [0.5, 0.6) is 5.75 Å². The molecule has 1 aromatic carbocycles. The number of carbonyl (C=O) groups is 1. The number of hydrogen-bond acceptors (Lipinski definition) is 3. The summed E-state index contributed by atoms with van der Waals surface area (Å²) in [7, 11) is 2.01. The van der Waals surface area contributed by atoms with Crippen LogP contribution >= 0.6 is 0 Å². The predicted molar refractivity (Wildman–Crippen MR) is 94.3 cm³/mol. The normalized spacial score (nSPS) is 23.6. The lowest BCUT2D eigenvalue weighted by atomic mass is 10.0. The summed E-state index contributed by atoms with van der Waals surface area (Å²) in [6, 6.07) is 7.04. The highest BCUT2D eigenvalue weighted by molar-refractivity contribution is 5.81. The zero-order chi connectivity index (χ0) is 16.5. The van der Waals surface area contributed by atoms with Crippen LogP contribution in [-0.2, 0) is 17.6 Å². The first-order valence-corrected chi connectivity index (χ1v) is 9.44. The molecule has 130 valence electrons. The van der Waals surface area contributed by atoms with Crippen LogP contribution in [0.15, 0.2) is 18.2 Å². The molecule has 2 heterocycles. The highest BCUT2D eigenvalue weighted by Crippen LogP contribution is 2.32. The van der Waals surface area contributed by atoms with E-state index in [2.05, 4.69) is 23.1 Å². The first-order valence-electron chi connectivity index (χ1n) is 9.44. The molecule has 0 spiro atoms. The molecule has 4 nitrogen and oxygen atoms in total. The third-order valence-electron chi connectivity index (χ3n) is 5.77. The first-order chi connectivity index (χ1) is 11.7. The van der Waals surface area contributed by atoms with E-state index in [1.807, 2.05) is 11.9 Å². The number of likely N-dealkylation sites (tertiary alicyclic amines) is 1. The Hall–Kier alpha value is -1.55. The Morgan fingerprint density at radius 1 is 1.33 bits per heavy atom. The molecule has 0 radical (unpaired) electrons. The molecule has 1 atom stereocenters. The van der Waals surface area contributed by atoms with Gasteiger partial charge in [0.05, 0.1) is 6.61 Å². The average molecular weight is 328 g/mol. The van der Waals surface area contributed by atoms with Crippen LogP contribution in [0.4, 0.5) is 0 Å². The Bertz CT molecular complexity index is 612. The highest BCUT2D eigenvalue weighted by atomic mass is 16.5. The minimum absolute atomic E-state index is 0.332. The standard InChI is InChI=1S/C20H28N2O2/c1-21(20(23)16-5-6-16)18-3-2-10-22(14-18)11-8-15-4-7-19-17(13-15)9-12-24-19/h4,7,13,16,18H,2-3,5-6,8-12,14H2,1H3. The van der Waals surface area contributed by atoms with Gasteiger partial charge in [0.1, 0.15) is 5.75 Å². The van der Waals surface area contributed by atoms with Gasteiger partial charge in [-0.05, 0) is 55.8 Å². The Morgan fingerprint density at radius 3 is 3.04 bits per heavy atom. The van der Waals surface area contributed by atoms with Gasteiger partial charge in [-0.2, -0.15) is 0 Å². The van der Waals surface area contributed by atoms with Crippen molar-refractivity contribution in [3.8, 4) is 5.75 Å². The van der Waals surface area contributed by atoms with Crippen molar-refractivity contribution in [3.63, 3.8) is 0 Å². The molecule has 24 heavy (non-hydrogen) atoms. The van der Waals surface area contributed by atoms with Crippen LogP contribution in [0.1, 0.15) is 36.8 Å². The molecule has 1 aliphatic carbocycles. The van der Waals surface area contributed by atoms with Gasteiger partial charge in [-0.3, -0.25) is 4.79 Å². The number of nitrogens with zero attached hydrogens (tertiary/aromatic N) is 2. The van der Waals surface area contributed by atoms with Crippen molar-refractivity contribution in [3.05, 3.63) is 29.3 Å². The molecule has 1 amide bonds. The van der Waals surface area contributed by atoms with Crippen LogP contribution in [0.25, 0.3) is 0 Å². The van der Waals surface area contributed by atoms with Crippen molar-refractivity contribution in [2.24, 2.45) is 5.92 Å². The van der Waals surface area contributed by atoms with E-state index in [1.54, 1.807) is 0 Å². The Labute approximate surface area is 144 Å². The second-order valence-corrected chi connectivity index (χ2v) is 7.61. The van der Waals surface area contributed by atoms with Crippen LogP contribution in [0, 0.1) is 5.92 Å². The van der Waals surface area contributed by atoms with Crippen LogP contribution in [0.3, 0.4) is 0 Å². The maximum atomic E-state index is 12.3. The molecule has 0 bridgehead atoms. The number of fused-ring (bicyclic) bond motifs is 1. The molecule has 0 aromatic heterocycles. The summed E-state index contributed by atoms with van der Waals surface area (Å²) in [6.45, 7) is 4.11. The van der Waals surface area contributed by atoms with Crippen molar-refractivity contribution in [2.45, 2.75) is 44.6 Å². The van der Waals surface area contributed by atoms with Crippen molar-refractivity contribution in [1.82, 2.24) is 9.80 Å². The molecule has 4 rings (SSSR count). The van der Waals surface area contributed by atoms with Gasteiger partial charge in [-0.15, -0.1) is 0 Å². The molecule has 1 saturated carbocycles. The summed E-state index contributed by atoms with van der Waals surface area (Å²) >= 11 is 0. The van der Waals surface area contributed by atoms with E-state index < -0.39 is 0 Å². The zero-order valence-electron chi connectivity index (χ0n) is 14.7. The summed E-state index contributed by atoms with van der Waals surface area (Å²) in [5, 5.41) is 0. The summed E-state index contributed by atoms with van der Waals surface area (Å²) < 4.78 is 5.59. The topological polar surface area (TPSA) is 32.8 Å². The molecule has 3 aliphatic rings. The fourth-order valence-corrected chi connectivity index (χ4v) is 4.03. The van der Waals surface area contributed by atoms with Crippen molar-refractivity contribution in [1.29, 1.82) is 0 Å². The van der Waals surface area contributed by atoms with Gasteiger partial charge in [-0.1, -0.05) is 12.1 Å². The van der Waals surface area contributed by atoms with E-state index in [1.165, 1.54) is 17.5 Å². The molecular weight excluding hydrogens is 300 g/mol. The number of benzene rings is 1. The molecule has 1 saturated heterocycles. The average Bonchev–Trinajstić information content (AvgIpc) is 3.36. The van der Waals surface area contributed by atoms with Crippen molar-refractivity contribution in [2.75, 3.05) is 33.3 Å². The van der Waals surface area contributed by atoms with Crippen molar-refractivity contribution >= 4 is 5.91 Å². The van der Waals surface area contributed by atoms with Crippen LogP contribution in [-0.4, -0.2) is 55.0 Å². The molecule has 2 fully saturated rings. The number of hydrogen-bond donors (Lipinski definition) is 0. The van der Waals surface area contributed by atoms with Gasteiger partial charge in [-0.25, -0.2) is 0 Å². The van der Waals surface area contributed by atoms with Crippen LogP contribution < -0.4 is 4.74 Å². The van der Waals surface area contributed by atoms with Gasteiger partial charge in [0.2, 0.25) is 5.91 Å². The number of rotatable bonds is 5. The van der Waals surface area contributed by atoms with Gasteiger partial charge >= 0.3 is 0 Å². The third-order valence-corrected chi connectivity index (χ3v) is 5.77. The van der Waals surface area contributed by atoms with Crippen molar-refractivity contribution < 1.29 is 9.53 Å². The highest BCUT2D eigenvalue weighted by Gasteiger charge is 2.35. The lowest BCUT2D eigenvalue weighted by Crippen LogP contribution is -2.49. The predicted octanol–water partition coefficient (Wildman–Crippen LogP) is 2.50. The number of carbonyl (C=O) groups excluding carboxylic acids is 1. The van der Waals surface area contributed by atoms with Gasteiger partial charge in [0.25, 0.3) is 0 Å². The smallest absolute Gasteiger partial charge is 0.225 e. The van der Waals surface area contributed by atoms with Gasteiger partial charge in [0, 0.05) is 38.5 Å². The minimum atomic E-state index is 0.332. The van der Waals surface area contributed by atoms with E-state index in [9.17, 15) is 4.79 Å². The number of piperidine rings is 1. The second kappa shape index (κ2) is 6.75. The molecular formula is C20H28N2O2. The summed E-state index contributed by atoms with van der Waals surface area (Å²) in [5.41, 5.74) is 2.77. The van der Waals surface area contributed by atoms with E-state index in [0.717, 1.165) is 64.1 Å². The fraction of sp³-hybridized carbons (Fsp3) is 0.650. The number of ether oxygens (including phenoxy) is 1. The Kier molecular flexibility index (Phi) is 4.49. The fourth-order valence-electron chi connectivity index (χ4n) is 4.03. The molecule has 4 heteroatoms. The Balaban J connectivity index is 1.30. The summed E-state index contributed by atoms with van der Waals surface area (Å²) in [4.78, 5) is 16.9. The quantitative estimate of drug-likeness (QED) is 0.832. The van der Waals surface area contributed by atoms with Crippen LogP contribution in [0.2, 0.25) is 0 Å². The maximum Gasteiger partial charge on any atom is 0.225 e. The zero-order valence-corrected chi connectivity index (χ0v) is 14.7. The summed E-state index contributed by atoms with van der Waals surface area (Å²) in [6.07, 6.45) is 6.68. The van der Waals surface area contributed by atoms with E-state index in [-0.39, 0.29) is 0 Å². The lowest BCUT2D eigenvalue weighted by molar-refractivity contribution is -0.134. The number of amides is 1. The third kappa shape index (κ3) is 3.44. The van der Waals surface area contributed by atoms with E-state index in [4.69, 9.17) is 4.74 Å². The van der Waals surface area contributed by atoms with E-state index >= 15 is 0 Å². The first kappa shape index (κ1) is 15.9. The largest absolute Gasteiger partial charge is 0.493 e. The SMILES string of the molecule is CN(C(=O)C1CC1)C1CCCN(CCc2ccc3c(c2)CCO3)C1. The van der Waals surface area contributed by atoms with Gasteiger partial charge in [0.15, 0.2) is 0 Å². The maximum absolute atomic E-state index is 12.3. The molecule has 0 N–H and O–H groups in total. The Morgan fingerprint density at radius 2 is 2.21 bits per heavy atom. The monoisotopic (exact) mass is 328 g/mol. The second-order valence-electron chi connectivity index (χ2n) is 7.61. The van der Waals surface area contributed by atoms with E-state index in [0.29, 0.717) is 17.9 Å². The molecule has 1 unspecified atom stereocenters. The minimum Gasteiger partial charge on any atom is -0.493 e. The number of likely N-dealkylation sites (N-methyl/N-ethyl adjacent to an activating group) is 1. The molecule has 1 aromatic rings. The summed E-state index contributed by atoms with van der Waals surface area (Å²) in [5.74, 6) is 1.77. The van der Waals surface area contributed by atoms with Gasteiger partial charge < -0.3 is 14.5 Å².